The van der Waals surface area contributed by atoms with Crippen molar-refractivity contribution in [3.8, 4) is 0 Å². The van der Waals surface area contributed by atoms with Crippen LogP contribution in [-0.4, -0.2) is 30.1 Å². The highest BCUT2D eigenvalue weighted by Gasteiger charge is 2.14. The zero-order valence-electron chi connectivity index (χ0n) is 7.38. The van der Waals surface area contributed by atoms with Gasteiger partial charge in [0.25, 0.3) is 6.43 Å². The summed E-state index contributed by atoms with van der Waals surface area (Å²) in [6, 6.07) is 0. The van der Waals surface area contributed by atoms with Gasteiger partial charge in [-0.1, -0.05) is 22.9 Å². The third-order valence-electron chi connectivity index (χ3n) is 1.52. The fraction of sp³-hybridized carbons (Fsp3) is 0.571. The van der Waals surface area contributed by atoms with Crippen LogP contribution in [0.2, 0.25) is 5.15 Å². The van der Waals surface area contributed by atoms with Crippen LogP contribution in [0.25, 0.3) is 0 Å². The molecule has 0 radical (unpaired) electrons. The van der Waals surface area contributed by atoms with Gasteiger partial charge in [0.1, 0.15) is 5.15 Å². The molecule has 0 aliphatic heterocycles. The van der Waals surface area contributed by atoms with Gasteiger partial charge >= 0.3 is 0 Å². The van der Waals surface area contributed by atoms with Crippen LogP contribution in [0, 0.1) is 0 Å². The molecule has 1 rings (SSSR count). The summed E-state index contributed by atoms with van der Waals surface area (Å²) in [5, 5.41) is 9.38. The third kappa shape index (κ3) is 2.76. The van der Waals surface area contributed by atoms with Crippen LogP contribution in [0.5, 0.6) is 0 Å². The van der Waals surface area contributed by atoms with Gasteiger partial charge in [0.05, 0.1) is 18.0 Å². The molecule has 0 aliphatic rings. The number of aliphatic hydroxyl groups is 1. The molecule has 1 heterocycles. The van der Waals surface area contributed by atoms with E-state index in [1.165, 1.54) is 11.9 Å². The summed E-state index contributed by atoms with van der Waals surface area (Å²) in [6.45, 7) is -0.617. The van der Waals surface area contributed by atoms with E-state index in [-0.39, 0.29) is 11.8 Å². The van der Waals surface area contributed by atoms with Gasteiger partial charge in [-0.2, -0.15) is 0 Å². The van der Waals surface area contributed by atoms with Crippen molar-refractivity contribution in [3.63, 3.8) is 0 Å². The Morgan fingerprint density at radius 3 is 2.71 bits per heavy atom. The Hall–Kier alpha value is -0.460. The van der Waals surface area contributed by atoms with Crippen LogP contribution in [0.15, 0.2) is 0 Å². The lowest BCUT2D eigenvalue weighted by molar-refractivity contribution is 0.156. The van der Waals surface area contributed by atoms with Crippen LogP contribution in [0.1, 0.15) is 4.88 Å². The number of hydrogen-bond donors (Lipinski definition) is 1. The maximum atomic E-state index is 12.0. The van der Waals surface area contributed by atoms with Crippen molar-refractivity contribution >= 4 is 28.1 Å². The lowest BCUT2D eigenvalue weighted by atomic mass is 10.6. The summed E-state index contributed by atoms with van der Waals surface area (Å²) in [4.78, 5) is 5.65. The van der Waals surface area contributed by atoms with Crippen molar-refractivity contribution in [2.45, 2.75) is 13.0 Å². The Labute approximate surface area is 88.9 Å². The summed E-state index contributed by atoms with van der Waals surface area (Å²) in [5.74, 6) is 0. The Balaban J connectivity index is 2.75. The van der Waals surface area contributed by atoms with Crippen molar-refractivity contribution in [3.05, 3.63) is 10.0 Å². The molecule has 0 amide bonds. The van der Waals surface area contributed by atoms with Crippen LogP contribution >= 0.6 is 22.9 Å². The molecule has 0 unspecified atom stereocenters. The molecule has 1 aromatic rings. The van der Waals surface area contributed by atoms with E-state index in [0.717, 1.165) is 11.3 Å². The molecule has 0 aromatic carbocycles. The highest BCUT2D eigenvalue weighted by molar-refractivity contribution is 7.16. The fourth-order valence-corrected chi connectivity index (χ4v) is 1.96. The Kier molecular flexibility index (Phi) is 4.03. The number of hydrogen-bond acceptors (Lipinski definition) is 4. The van der Waals surface area contributed by atoms with Gasteiger partial charge in [-0.05, 0) is 0 Å². The van der Waals surface area contributed by atoms with Gasteiger partial charge < -0.3 is 10.0 Å². The minimum absolute atomic E-state index is 0.175. The molecule has 80 valence electrons. The Morgan fingerprint density at radius 2 is 2.29 bits per heavy atom. The van der Waals surface area contributed by atoms with Gasteiger partial charge in [-0.3, -0.25) is 0 Å². The number of aliphatic hydroxyl groups excluding tert-OH is 1. The molecule has 0 fully saturated rings. The normalized spacial score (nSPS) is 11.0. The zero-order valence-corrected chi connectivity index (χ0v) is 8.95. The smallest absolute Gasteiger partial charge is 0.255 e. The van der Waals surface area contributed by atoms with Gasteiger partial charge in [-0.15, -0.1) is 0 Å². The summed E-state index contributed by atoms with van der Waals surface area (Å²) < 4.78 is 24.0. The minimum atomic E-state index is -2.42. The molecular weight excluding hydrogens is 234 g/mol. The standard InChI is InChI=1S/C7H9ClF2N2OS/c1-12(2-5(9)10)7-11-6(8)4(3-13)14-7/h5,13H,2-3H2,1H3. The van der Waals surface area contributed by atoms with Crippen molar-refractivity contribution in [2.75, 3.05) is 18.5 Å². The average molecular weight is 243 g/mol. The third-order valence-corrected chi connectivity index (χ3v) is 3.10. The van der Waals surface area contributed by atoms with Gasteiger partial charge in [-0.25, -0.2) is 13.8 Å². The number of aromatic nitrogens is 1. The molecule has 14 heavy (non-hydrogen) atoms. The van der Waals surface area contributed by atoms with Crippen molar-refractivity contribution in [1.29, 1.82) is 0 Å². The number of alkyl halides is 2. The molecule has 1 N–H and O–H groups in total. The Morgan fingerprint density at radius 1 is 1.64 bits per heavy atom. The first-order valence-corrected chi connectivity index (χ1v) is 4.99. The van der Waals surface area contributed by atoms with Gasteiger partial charge in [0.2, 0.25) is 0 Å². The number of rotatable bonds is 4. The van der Waals surface area contributed by atoms with Crippen LogP contribution < -0.4 is 4.90 Å². The first-order chi connectivity index (χ1) is 6.54. The number of halogens is 3. The van der Waals surface area contributed by atoms with Crippen LogP contribution in [0.3, 0.4) is 0 Å². The van der Waals surface area contributed by atoms with Gasteiger partial charge in [0.15, 0.2) is 5.13 Å². The first kappa shape index (κ1) is 11.6. The average Bonchev–Trinajstić information content (AvgIpc) is 2.45. The molecule has 0 bridgehead atoms. The lowest BCUT2D eigenvalue weighted by Crippen LogP contribution is -2.23. The second kappa shape index (κ2) is 4.86. The molecule has 0 aliphatic carbocycles. The number of nitrogens with zero attached hydrogens (tertiary/aromatic N) is 2. The van der Waals surface area contributed by atoms with Crippen molar-refractivity contribution in [1.82, 2.24) is 4.98 Å². The first-order valence-electron chi connectivity index (χ1n) is 3.80. The largest absolute Gasteiger partial charge is 0.391 e. The quantitative estimate of drug-likeness (QED) is 0.877. The van der Waals surface area contributed by atoms with Crippen molar-refractivity contribution in [2.24, 2.45) is 0 Å². The molecule has 0 spiro atoms. The van der Waals surface area contributed by atoms with E-state index in [1.54, 1.807) is 0 Å². The highest BCUT2D eigenvalue weighted by atomic mass is 35.5. The molecule has 0 atom stereocenters. The van der Waals surface area contributed by atoms with E-state index in [1.807, 2.05) is 0 Å². The van der Waals surface area contributed by atoms with Crippen LogP contribution in [-0.2, 0) is 6.61 Å². The maximum absolute atomic E-state index is 12.0. The maximum Gasteiger partial charge on any atom is 0.255 e. The van der Waals surface area contributed by atoms with E-state index in [4.69, 9.17) is 16.7 Å². The predicted molar refractivity (Wildman–Crippen MR) is 52.3 cm³/mol. The molecular formula is C7H9ClF2N2OS. The van der Waals surface area contributed by atoms with E-state index >= 15 is 0 Å². The molecule has 7 heteroatoms. The number of anilines is 1. The van der Waals surface area contributed by atoms with Crippen molar-refractivity contribution < 1.29 is 13.9 Å². The second-order valence-electron chi connectivity index (χ2n) is 2.64. The summed E-state index contributed by atoms with van der Waals surface area (Å²) >= 11 is 6.76. The SMILES string of the molecule is CN(CC(F)F)c1nc(Cl)c(CO)s1. The van der Waals surface area contributed by atoms with E-state index in [0.29, 0.717) is 10.0 Å². The predicted octanol–water partition coefficient (Wildman–Crippen LogP) is 1.99. The van der Waals surface area contributed by atoms with E-state index in [9.17, 15) is 8.78 Å². The second-order valence-corrected chi connectivity index (χ2v) is 4.06. The summed E-state index contributed by atoms with van der Waals surface area (Å²) in [5.41, 5.74) is 0. The lowest BCUT2D eigenvalue weighted by Gasteiger charge is -2.13. The zero-order chi connectivity index (χ0) is 10.7. The highest BCUT2D eigenvalue weighted by Crippen LogP contribution is 2.29. The monoisotopic (exact) mass is 242 g/mol. The molecule has 0 saturated heterocycles. The fourth-order valence-electron chi connectivity index (χ4n) is 0.867. The van der Waals surface area contributed by atoms with E-state index in [2.05, 4.69) is 4.98 Å². The summed E-state index contributed by atoms with van der Waals surface area (Å²) in [7, 11) is 1.50. The van der Waals surface area contributed by atoms with Crippen LogP contribution in [0.4, 0.5) is 13.9 Å². The van der Waals surface area contributed by atoms with E-state index < -0.39 is 13.0 Å². The minimum Gasteiger partial charge on any atom is -0.391 e. The van der Waals surface area contributed by atoms with Gasteiger partial charge in [0, 0.05) is 7.05 Å². The molecule has 3 nitrogen and oxygen atoms in total. The number of thiazole rings is 1. The Bertz CT molecular complexity index is 308. The summed E-state index contributed by atoms with van der Waals surface area (Å²) in [6.07, 6.45) is -2.42. The topological polar surface area (TPSA) is 36.4 Å². The molecule has 0 saturated carbocycles. The molecule has 1 aromatic heterocycles.